The Bertz CT molecular complexity index is 1320. The van der Waals surface area contributed by atoms with Crippen molar-refractivity contribution in [3.05, 3.63) is 101 Å². The molecule has 6 nitrogen and oxygen atoms in total. The molecule has 6 rings (SSSR count). The normalized spacial score (nSPS) is 25.1. The van der Waals surface area contributed by atoms with Gasteiger partial charge >= 0.3 is 0 Å². The summed E-state index contributed by atoms with van der Waals surface area (Å²) in [7, 11) is 0. The lowest BCUT2D eigenvalue weighted by Crippen LogP contribution is -2.44. The molecule has 2 amide bonds. The van der Waals surface area contributed by atoms with E-state index in [0.717, 1.165) is 16.7 Å². The summed E-state index contributed by atoms with van der Waals surface area (Å²) in [6.45, 7) is 1.96. The first kappa shape index (κ1) is 19.6. The lowest BCUT2D eigenvalue weighted by Gasteiger charge is -2.33. The first-order valence-electron chi connectivity index (χ1n) is 11.0. The van der Waals surface area contributed by atoms with Gasteiger partial charge in [0.2, 0.25) is 11.8 Å². The largest absolute Gasteiger partial charge is 0.292 e. The molecule has 33 heavy (non-hydrogen) atoms. The fourth-order valence-corrected chi connectivity index (χ4v) is 5.39. The number of aryl methyl sites for hydroxylation is 1. The number of hydrogen-bond acceptors (Lipinski definition) is 5. The summed E-state index contributed by atoms with van der Waals surface area (Å²) in [6.07, 6.45) is 1.71. The van der Waals surface area contributed by atoms with Gasteiger partial charge < -0.3 is 0 Å². The van der Waals surface area contributed by atoms with Crippen LogP contribution in [0.2, 0.25) is 0 Å². The maximum Gasteiger partial charge on any atom is 0.240 e. The third-order valence-corrected chi connectivity index (χ3v) is 6.91. The predicted octanol–water partition coefficient (Wildman–Crippen LogP) is 3.76. The summed E-state index contributed by atoms with van der Waals surface area (Å²) in [4.78, 5) is 42.5. The number of rotatable bonds is 3. The standard InChI is InChI=1S/C27H21N3O3/c1-16-11-13-17(14-12-16)25(31)24-22-21(23-20-10-6-5-7-18(20)15-28-30(23)24)26(32)29(27(22)33)19-8-3-2-4-9-19/h2-15,21-24H,1H3/t21-,22+,23-,24+/m0/s1. The van der Waals surface area contributed by atoms with Gasteiger partial charge in [0.05, 0.1) is 29.8 Å². The molecule has 0 bridgehead atoms. The first-order chi connectivity index (χ1) is 16.1. The second-order valence-electron chi connectivity index (χ2n) is 8.77. The molecule has 0 aromatic heterocycles. The van der Waals surface area contributed by atoms with Crippen LogP contribution in [0.1, 0.15) is 33.1 Å². The minimum Gasteiger partial charge on any atom is -0.292 e. The van der Waals surface area contributed by atoms with Gasteiger partial charge in [0.1, 0.15) is 6.04 Å². The number of carbonyl (C=O) groups is 3. The number of fused-ring (bicyclic) bond motifs is 5. The van der Waals surface area contributed by atoms with Crippen molar-refractivity contribution >= 4 is 29.5 Å². The lowest BCUT2D eigenvalue weighted by molar-refractivity contribution is -0.124. The summed E-state index contributed by atoms with van der Waals surface area (Å²) in [6, 6.07) is 22.6. The number of hydrogen-bond donors (Lipinski definition) is 0. The van der Waals surface area contributed by atoms with Crippen molar-refractivity contribution in [2.24, 2.45) is 16.9 Å². The zero-order valence-corrected chi connectivity index (χ0v) is 18.0. The molecule has 0 N–H and O–H groups in total. The Balaban J connectivity index is 1.50. The van der Waals surface area contributed by atoms with Crippen LogP contribution in [-0.4, -0.2) is 34.9 Å². The maximum absolute atomic E-state index is 13.8. The van der Waals surface area contributed by atoms with Gasteiger partial charge in [-0.15, -0.1) is 0 Å². The fraction of sp³-hybridized carbons (Fsp3) is 0.185. The van der Waals surface area contributed by atoms with E-state index in [9.17, 15) is 14.4 Å². The zero-order chi connectivity index (χ0) is 22.7. The van der Waals surface area contributed by atoms with E-state index in [-0.39, 0.29) is 17.6 Å². The van der Waals surface area contributed by atoms with Gasteiger partial charge in [-0.1, -0.05) is 72.3 Å². The number of benzene rings is 3. The van der Waals surface area contributed by atoms with E-state index in [1.807, 2.05) is 49.4 Å². The number of nitrogens with zero attached hydrogens (tertiary/aromatic N) is 3. The van der Waals surface area contributed by atoms with Crippen LogP contribution >= 0.6 is 0 Å². The van der Waals surface area contributed by atoms with E-state index < -0.39 is 23.9 Å². The number of Topliss-reactive ketones (excluding diaryl/α,β-unsaturated/α-hetero) is 1. The van der Waals surface area contributed by atoms with Gasteiger partial charge in [-0.2, -0.15) is 5.10 Å². The van der Waals surface area contributed by atoms with Crippen LogP contribution in [0.25, 0.3) is 0 Å². The van der Waals surface area contributed by atoms with Crippen LogP contribution in [0.5, 0.6) is 0 Å². The highest BCUT2D eigenvalue weighted by Gasteiger charge is 2.65. The Kier molecular flexibility index (Phi) is 4.30. The second kappa shape index (κ2) is 7.24. The van der Waals surface area contributed by atoms with Crippen molar-refractivity contribution in [1.82, 2.24) is 5.01 Å². The summed E-state index contributed by atoms with van der Waals surface area (Å²) in [5, 5.41) is 6.28. The minimum atomic E-state index is -0.850. The second-order valence-corrected chi connectivity index (χ2v) is 8.77. The number of imide groups is 1. The summed E-state index contributed by atoms with van der Waals surface area (Å²) >= 11 is 0. The minimum absolute atomic E-state index is 0.194. The monoisotopic (exact) mass is 435 g/mol. The van der Waals surface area contributed by atoms with E-state index in [2.05, 4.69) is 5.10 Å². The molecule has 0 spiro atoms. The van der Waals surface area contributed by atoms with E-state index in [1.54, 1.807) is 47.6 Å². The van der Waals surface area contributed by atoms with E-state index in [0.29, 0.717) is 11.3 Å². The third-order valence-electron chi connectivity index (χ3n) is 6.91. The smallest absolute Gasteiger partial charge is 0.240 e. The molecule has 3 heterocycles. The Morgan fingerprint density at radius 2 is 1.48 bits per heavy atom. The van der Waals surface area contributed by atoms with Crippen LogP contribution in [-0.2, 0) is 9.59 Å². The number of anilines is 1. The van der Waals surface area contributed by atoms with Crippen LogP contribution in [0.4, 0.5) is 5.69 Å². The van der Waals surface area contributed by atoms with Crippen LogP contribution in [0, 0.1) is 18.8 Å². The molecule has 3 aromatic carbocycles. The highest BCUT2D eigenvalue weighted by Crippen LogP contribution is 2.53. The van der Waals surface area contributed by atoms with Crippen molar-refractivity contribution in [3.63, 3.8) is 0 Å². The molecule has 0 unspecified atom stereocenters. The molecule has 3 aliphatic rings. The maximum atomic E-state index is 13.8. The molecule has 0 saturated carbocycles. The zero-order valence-electron chi connectivity index (χ0n) is 18.0. The Hall–Kier alpha value is -4.06. The number of ketones is 1. The van der Waals surface area contributed by atoms with E-state index in [1.165, 1.54) is 4.90 Å². The highest BCUT2D eigenvalue weighted by atomic mass is 16.2. The number of amides is 2. The van der Waals surface area contributed by atoms with Crippen molar-refractivity contribution in [3.8, 4) is 0 Å². The number of hydrazone groups is 1. The summed E-state index contributed by atoms with van der Waals surface area (Å²) in [5.41, 5.74) is 3.90. The highest BCUT2D eigenvalue weighted by molar-refractivity contribution is 6.24. The van der Waals surface area contributed by atoms with Crippen molar-refractivity contribution < 1.29 is 14.4 Å². The molecule has 0 aliphatic carbocycles. The van der Waals surface area contributed by atoms with E-state index >= 15 is 0 Å². The van der Waals surface area contributed by atoms with Crippen molar-refractivity contribution in [2.75, 3.05) is 4.90 Å². The first-order valence-corrected chi connectivity index (χ1v) is 11.0. The molecular formula is C27H21N3O3. The summed E-state index contributed by atoms with van der Waals surface area (Å²) in [5.74, 6) is -2.31. The molecule has 162 valence electrons. The van der Waals surface area contributed by atoms with Gasteiger partial charge in [0, 0.05) is 5.56 Å². The Morgan fingerprint density at radius 1 is 0.818 bits per heavy atom. The molecule has 3 aliphatic heterocycles. The fourth-order valence-electron chi connectivity index (χ4n) is 5.39. The van der Waals surface area contributed by atoms with Gasteiger partial charge in [-0.3, -0.25) is 19.4 Å². The van der Waals surface area contributed by atoms with Crippen molar-refractivity contribution in [2.45, 2.75) is 19.0 Å². The topological polar surface area (TPSA) is 70.0 Å². The SMILES string of the molecule is Cc1ccc(C(=O)[C@H]2[C@@H]3C(=O)N(c4ccccc4)C(=O)[C@@H]3[C@@H]3c4ccccc4C=NN23)cc1. The van der Waals surface area contributed by atoms with Gasteiger partial charge in [-0.25, -0.2) is 4.90 Å². The van der Waals surface area contributed by atoms with Gasteiger partial charge in [0.15, 0.2) is 5.78 Å². The Morgan fingerprint density at radius 3 is 2.24 bits per heavy atom. The number of para-hydroxylation sites is 1. The van der Waals surface area contributed by atoms with Crippen LogP contribution in [0.3, 0.4) is 0 Å². The van der Waals surface area contributed by atoms with Gasteiger partial charge in [-0.05, 0) is 30.2 Å². The average molecular weight is 435 g/mol. The van der Waals surface area contributed by atoms with Crippen LogP contribution < -0.4 is 4.90 Å². The molecule has 3 aromatic rings. The van der Waals surface area contributed by atoms with E-state index in [4.69, 9.17) is 0 Å². The predicted molar refractivity (Wildman–Crippen MR) is 124 cm³/mol. The molecule has 0 radical (unpaired) electrons. The van der Waals surface area contributed by atoms with Gasteiger partial charge in [0.25, 0.3) is 0 Å². The third kappa shape index (κ3) is 2.80. The van der Waals surface area contributed by atoms with Crippen LogP contribution in [0.15, 0.2) is 84.0 Å². The molecular weight excluding hydrogens is 414 g/mol. The lowest BCUT2D eigenvalue weighted by atomic mass is 9.83. The summed E-state index contributed by atoms with van der Waals surface area (Å²) < 4.78 is 0. The molecule has 6 heteroatoms. The number of carbonyl (C=O) groups excluding carboxylic acids is 3. The van der Waals surface area contributed by atoms with Crippen molar-refractivity contribution in [1.29, 1.82) is 0 Å². The molecule has 4 atom stereocenters. The average Bonchev–Trinajstić information content (AvgIpc) is 3.32. The Labute approximate surface area is 191 Å². The molecule has 2 saturated heterocycles. The quantitative estimate of drug-likeness (QED) is 0.464. The molecule has 2 fully saturated rings.